The molecule has 6 heteroatoms. The Hall–Kier alpha value is -2.04. The van der Waals surface area contributed by atoms with Gasteiger partial charge in [0.05, 0.1) is 6.42 Å². The van der Waals surface area contributed by atoms with Crippen LogP contribution in [0, 0.1) is 0 Å². The monoisotopic (exact) mass is 406 g/mol. The van der Waals surface area contributed by atoms with E-state index in [9.17, 15) is 9.59 Å². The van der Waals surface area contributed by atoms with Crippen molar-refractivity contribution in [2.75, 3.05) is 0 Å². The summed E-state index contributed by atoms with van der Waals surface area (Å²) in [7, 11) is 0. The van der Waals surface area contributed by atoms with E-state index in [0.717, 1.165) is 11.1 Å². The standard InChI is InChI=1S/C21H24Cl2N2O2/c1-14(2)24-21(27)15(3)25(13-17-8-4-5-10-19(17)23)20(26)12-16-7-6-9-18(22)11-16/h4-11,14-15H,12-13H2,1-3H3,(H,24,27)/t15-/m1/s1. The van der Waals surface area contributed by atoms with Gasteiger partial charge in [-0.25, -0.2) is 0 Å². The molecular weight excluding hydrogens is 383 g/mol. The summed E-state index contributed by atoms with van der Waals surface area (Å²) in [4.78, 5) is 27.1. The van der Waals surface area contributed by atoms with Gasteiger partial charge >= 0.3 is 0 Å². The van der Waals surface area contributed by atoms with Gasteiger partial charge in [-0.05, 0) is 50.1 Å². The number of hydrogen-bond acceptors (Lipinski definition) is 2. The summed E-state index contributed by atoms with van der Waals surface area (Å²) >= 11 is 12.3. The van der Waals surface area contributed by atoms with Crippen LogP contribution in [0.4, 0.5) is 0 Å². The molecule has 0 unspecified atom stereocenters. The van der Waals surface area contributed by atoms with Gasteiger partial charge in [0, 0.05) is 22.6 Å². The lowest BCUT2D eigenvalue weighted by atomic mass is 10.1. The highest BCUT2D eigenvalue weighted by atomic mass is 35.5. The fraction of sp³-hybridized carbons (Fsp3) is 0.333. The van der Waals surface area contributed by atoms with E-state index in [-0.39, 0.29) is 30.8 Å². The van der Waals surface area contributed by atoms with Crippen LogP contribution in [0.2, 0.25) is 10.0 Å². The number of rotatable bonds is 7. The van der Waals surface area contributed by atoms with Gasteiger partial charge in [-0.15, -0.1) is 0 Å². The highest BCUT2D eigenvalue weighted by Crippen LogP contribution is 2.20. The minimum Gasteiger partial charge on any atom is -0.352 e. The molecule has 0 saturated carbocycles. The van der Waals surface area contributed by atoms with E-state index in [2.05, 4.69) is 5.32 Å². The van der Waals surface area contributed by atoms with Gasteiger partial charge in [-0.3, -0.25) is 9.59 Å². The Morgan fingerprint density at radius 3 is 2.37 bits per heavy atom. The molecule has 0 aliphatic heterocycles. The van der Waals surface area contributed by atoms with Crippen LogP contribution < -0.4 is 5.32 Å². The first-order valence-electron chi connectivity index (χ1n) is 8.85. The largest absolute Gasteiger partial charge is 0.352 e. The summed E-state index contributed by atoms with van der Waals surface area (Å²) in [6, 6.07) is 13.8. The molecule has 0 radical (unpaired) electrons. The molecule has 2 amide bonds. The summed E-state index contributed by atoms with van der Waals surface area (Å²) in [5, 5.41) is 4.00. The van der Waals surface area contributed by atoms with Crippen LogP contribution in [0.3, 0.4) is 0 Å². The topological polar surface area (TPSA) is 49.4 Å². The van der Waals surface area contributed by atoms with E-state index in [1.165, 1.54) is 0 Å². The van der Waals surface area contributed by atoms with E-state index >= 15 is 0 Å². The first-order valence-corrected chi connectivity index (χ1v) is 9.61. The maximum absolute atomic E-state index is 13.0. The molecular formula is C21H24Cl2N2O2. The van der Waals surface area contributed by atoms with E-state index in [0.29, 0.717) is 10.0 Å². The maximum atomic E-state index is 13.0. The number of nitrogens with one attached hydrogen (secondary N) is 1. The Morgan fingerprint density at radius 1 is 1.04 bits per heavy atom. The minimum absolute atomic E-state index is 0.00912. The molecule has 0 bridgehead atoms. The second kappa shape index (κ2) is 9.77. The molecule has 0 aromatic heterocycles. The zero-order chi connectivity index (χ0) is 20.0. The molecule has 1 N–H and O–H groups in total. The summed E-state index contributed by atoms with van der Waals surface area (Å²) in [5.74, 6) is -0.361. The van der Waals surface area contributed by atoms with Crippen molar-refractivity contribution in [1.29, 1.82) is 0 Å². The van der Waals surface area contributed by atoms with Crippen molar-refractivity contribution in [3.05, 3.63) is 69.7 Å². The van der Waals surface area contributed by atoms with Crippen molar-refractivity contribution in [2.45, 2.75) is 45.8 Å². The Balaban J connectivity index is 2.26. The summed E-state index contributed by atoms with van der Waals surface area (Å²) in [6.45, 7) is 5.75. The van der Waals surface area contributed by atoms with Gasteiger partial charge in [-0.1, -0.05) is 53.5 Å². The summed E-state index contributed by atoms with van der Waals surface area (Å²) < 4.78 is 0. The van der Waals surface area contributed by atoms with Crippen LogP contribution in [0.25, 0.3) is 0 Å². The maximum Gasteiger partial charge on any atom is 0.242 e. The Bertz CT molecular complexity index is 808. The smallest absolute Gasteiger partial charge is 0.242 e. The first-order chi connectivity index (χ1) is 12.8. The minimum atomic E-state index is -0.629. The van der Waals surface area contributed by atoms with Crippen LogP contribution in [0.5, 0.6) is 0 Å². The molecule has 0 saturated heterocycles. The van der Waals surface area contributed by atoms with E-state index < -0.39 is 6.04 Å². The molecule has 0 aliphatic rings. The number of nitrogens with zero attached hydrogens (tertiary/aromatic N) is 1. The van der Waals surface area contributed by atoms with E-state index in [1.807, 2.05) is 38.1 Å². The van der Waals surface area contributed by atoms with Crippen molar-refractivity contribution >= 4 is 35.0 Å². The molecule has 2 aromatic rings. The lowest BCUT2D eigenvalue weighted by molar-refractivity contribution is -0.140. The highest BCUT2D eigenvalue weighted by Gasteiger charge is 2.27. The Labute approximate surface area is 170 Å². The number of carbonyl (C=O) groups excluding carboxylic acids is 2. The number of carbonyl (C=O) groups is 2. The Kier molecular flexibility index (Phi) is 7.69. The molecule has 1 atom stereocenters. The highest BCUT2D eigenvalue weighted by molar-refractivity contribution is 6.31. The van der Waals surface area contributed by atoms with Crippen LogP contribution >= 0.6 is 23.2 Å². The molecule has 4 nitrogen and oxygen atoms in total. The summed E-state index contributed by atoms with van der Waals surface area (Å²) in [6.07, 6.45) is 0.157. The third-order valence-corrected chi connectivity index (χ3v) is 4.74. The quantitative estimate of drug-likeness (QED) is 0.736. The summed E-state index contributed by atoms with van der Waals surface area (Å²) in [5.41, 5.74) is 1.59. The first kappa shape index (κ1) is 21.3. The zero-order valence-electron chi connectivity index (χ0n) is 15.7. The molecule has 0 heterocycles. The predicted octanol–water partition coefficient (Wildman–Crippen LogP) is 4.48. The number of halogens is 2. The number of benzene rings is 2. The second-order valence-electron chi connectivity index (χ2n) is 6.76. The zero-order valence-corrected chi connectivity index (χ0v) is 17.2. The van der Waals surface area contributed by atoms with Gasteiger partial charge in [0.25, 0.3) is 0 Å². The van der Waals surface area contributed by atoms with E-state index in [4.69, 9.17) is 23.2 Å². The van der Waals surface area contributed by atoms with Crippen LogP contribution in [0.15, 0.2) is 48.5 Å². The molecule has 2 rings (SSSR count). The van der Waals surface area contributed by atoms with Gasteiger partial charge in [0.2, 0.25) is 11.8 Å². The normalized spacial score (nSPS) is 11.9. The lowest BCUT2D eigenvalue weighted by Crippen LogP contribution is -2.49. The fourth-order valence-electron chi connectivity index (χ4n) is 2.72. The van der Waals surface area contributed by atoms with Gasteiger partial charge < -0.3 is 10.2 Å². The van der Waals surface area contributed by atoms with Crippen LogP contribution in [-0.2, 0) is 22.6 Å². The molecule has 27 heavy (non-hydrogen) atoms. The molecule has 2 aromatic carbocycles. The Morgan fingerprint density at radius 2 is 1.74 bits per heavy atom. The van der Waals surface area contributed by atoms with Crippen molar-refractivity contribution < 1.29 is 9.59 Å². The van der Waals surface area contributed by atoms with Crippen molar-refractivity contribution in [1.82, 2.24) is 10.2 Å². The number of amides is 2. The third-order valence-electron chi connectivity index (χ3n) is 4.14. The van der Waals surface area contributed by atoms with Crippen LogP contribution in [-0.4, -0.2) is 28.8 Å². The average Bonchev–Trinajstić information content (AvgIpc) is 2.59. The number of hydrogen-bond donors (Lipinski definition) is 1. The molecule has 144 valence electrons. The molecule has 0 aliphatic carbocycles. The SMILES string of the molecule is CC(C)NC(=O)[C@@H](C)N(Cc1ccccc1Cl)C(=O)Cc1cccc(Cl)c1. The predicted molar refractivity (Wildman–Crippen MR) is 110 cm³/mol. The van der Waals surface area contributed by atoms with E-state index in [1.54, 1.807) is 36.1 Å². The van der Waals surface area contributed by atoms with Crippen molar-refractivity contribution in [3.63, 3.8) is 0 Å². The third kappa shape index (κ3) is 6.26. The van der Waals surface area contributed by atoms with Gasteiger partial charge in [-0.2, -0.15) is 0 Å². The second-order valence-corrected chi connectivity index (χ2v) is 7.60. The molecule has 0 spiro atoms. The van der Waals surface area contributed by atoms with Crippen molar-refractivity contribution in [3.8, 4) is 0 Å². The van der Waals surface area contributed by atoms with Gasteiger partial charge in [0.1, 0.15) is 6.04 Å². The van der Waals surface area contributed by atoms with Gasteiger partial charge in [0.15, 0.2) is 0 Å². The average molecular weight is 407 g/mol. The lowest BCUT2D eigenvalue weighted by Gasteiger charge is -2.29. The van der Waals surface area contributed by atoms with Crippen LogP contribution in [0.1, 0.15) is 31.9 Å². The van der Waals surface area contributed by atoms with Crippen molar-refractivity contribution in [2.24, 2.45) is 0 Å². The fourth-order valence-corrected chi connectivity index (χ4v) is 3.13. The molecule has 0 fully saturated rings.